The van der Waals surface area contributed by atoms with E-state index in [1.165, 1.54) is 5.56 Å². The molecule has 0 radical (unpaired) electrons. The van der Waals surface area contributed by atoms with Crippen LogP contribution in [0.5, 0.6) is 5.75 Å². The Morgan fingerprint density at radius 3 is 2.82 bits per heavy atom. The second-order valence-electron chi connectivity index (χ2n) is 4.81. The molecule has 0 aliphatic carbocycles. The van der Waals surface area contributed by atoms with Crippen molar-refractivity contribution in [3.05, 3.63) is 29.8 Å². The molecule has 0 fully saturated rings. The van der Waals surface area contributed by atoms with E-state index in [0.717, 1.165) is 25.3 Å². The molecule has 1 aliphatic rings. The average molecular weight is 234 g/mol. The average Bonchev–Trinajstić information content (AvgIpc) is 2.35. The molecule has 1 aliphatic heterocycles. The maximum absolute atomic E-state index is 5.83. The molecule has 0 saturated carbocycles. The lowest BCUT2D eigenvalue weighted by Gasteiger charge is -2.37. The van der Waals surface area contributed by atoms with Gasteiger partial charge in [-0.2, -0.15) is 0 Å². The van der Waals surface area contributed by atoms with Crippen molar-refractivity contribution in [2.45, 2.75) is 25.4 Å². The maximum Gasteiger partial charge on any atom is 0.124 e. The van der Waals surface area contributed by atoms with E-state index in [2.05, 4.69) is 49.4 Å². The summed E-state index contributed by atoms with van der Waals surface area (Å²) in [7, 11) is 4.23. The molecule has 94 valence electrons. The van der Waals surface area contributed by atoms with Gasteiger partial charge >= 0.3 is 0 Å². The first-order chi connectivity index (χ1) is 8.24. The van der Waals surface area contributed by atoms with Crippen molar-refractivity contribution in [2.75, 3.05) is 27.2 Å². The van der Waals surface area contributed by atoms with Gasteiger partial charge in [0.15, 0.2) is 0 Å². The van der Waals surface area contributed by atoms with E-state index in [4.69, 9.17) is 4.74 Å². The second kappa shape index (κ2) is 5.52. The van der Waals surface area contributed by atoms with E-state index in [9.17, 15) is 0 Å². The van der Waals surface area contributed by atoms with Gasteiger partial charge in [-0.3, -0.25) is 0 Å². The summed E-state index contributed by atoms with van der Waals surface area (Å²) in [6.45, 7) is 4.00. The monoisotopic (exact) mass is 234 g/mol. The van der Waals surface area contributed by atoms with Crippen molar-refractivity contribution in [3.63, 3.8) is 0 Å². The fraction of sp³-hybridized carbons (Fsp3) is 0.571. The van der Waals surface area contributed by atoms with Crippen molar-refractivity contribution in [2.24, 2.45) is 0 Å². The number of fused-ring (bicyclic) bond motifs is 1. The largest absolute Gasteiger partial charge is 0.492 e. The first kappa shape index (κ1) is 12.4. The van der Waals surface area contributed by atoms with Crippen molar-refractivity contribution in [1.82, 2.24) is 10.2 Å². The molecule has 0 saturated heterocycles. The minimum Gasteiger partial charge on any atom is -0.492 e. The summed E-state index contributed by atoms with van der Waals surface area (Å²) >= 11 is 0. The number of hydrogen-bond donors (Lipinski definition) is 1. The highest BCUT2D eigenvalue weighted by Gasteiger charge is 2.31. The minimum absolute atomic E-state index is 0.370. The topological polar surface area (TPSA) is 24.5 Å². The number of rotatable bonds is 4. The van der Waals surface area contributed by atoms with E-state index in [1.54, 1.807) is 0 Å². The Kier molecular flexibility index (Phi) is 4.02. The van der Waals surface area contributed by atoms with Gasteiger partial charge in [-0.15, -0.1) is 0 Å². The number of para-hydroxylation sites is 1. The summed E-state index contributed by atoms with van der Waals surface area (Å²) in [6.07, 6.45) is 1.15. The first-order valence-corrected chi connectivity index (χ1v) is 6.35. The smallest absolute Gasteiger partial charge is 0.124 e. The third-order valence-electron chi connectivity index (χ3n) is 3.33. The van der Waals surface area contributed by atoms with Crippen LogP contribution in [0.3, 0.4) is 0 Å². The molecule has 1 aromatic rings. The van der Waals surface area contributed by atoms with E-state index in [1.807, 2.05) is 6.07 Å². The third kappa shape index (κ3) is 2.61. The molecule has 1 aromatic carbocycles. The quantitative estimate of drug-likeness (QED) is 0.863. The lowest BCUT2D eigenvalue weighted by atomic mass is 9.95. The second-order valence-corrected chi connectivity index (χ2v) is 4.81. The van der Waals surface area contributed by atoms with Gasteiger partial charge < -0.3 is 15.0 Å². The Labute approximate surface area is 104 Å². The van der Waals surface area contributed by atoms with Gasteiger partial charge in [-0.1, -0.05) is 25.1 Å². The lowest BCUT2D eigenvalue weighted by molar-refractivity contribution is 0.125. The van der Waals surface area contributed by atoms with E-state index in [-0.39, 0.29) is 0 Å². The van der Waals surface area contributed by atoms with Gasteiger partial charge in [0.25, 0.3) is 0 Å². The number of ether oxygens (including phenoxy) is 1. The summed E-state index contributed by atoms with van der Waals surface area (Å²) in [5.74, 6) is 1.03. The molecule has 1 heterocycles. The highest BCUT2D eigenvalue weighted by atomic mass is 16.5. The van der Waals surface area contributed by atoms with Gasteiger partial charge in [0.05, 0.1) is 12.1 Å². The zero-order valence-corrected chi connectivity index (χ0v) is 10.9. The van der Waals surface area contributed by atoms with Crippen LogP contribution in [0.4, 0.5) is 0 Å². The molecule has 3 heteroatoms. The SMILES string of the molecule is CCCNC1c2ccccc2OCC1N(C)C. The standard InChI is InChI=1S/C14H22N2O/c1-4-9-15-14-11-7-5-6-8-13(11)17-10-12(14)16(2)3/h5-8,12,14-15H,4,9-10H2,1-3H3. The Bertz CT molecular complexity index is 365. The highest BCUT2D eigenvalue weighted by molar-refractivity contribution is 5.38. The molecule has 2 atom stereocenters. The number of nitrogens with one attached hydrogen (secondary N) is 1. The predicted molar refractivity (Wildman–Crippen MR) is 70.4 cm³/mol. The van der Waals surface area contributed by atoms with Crippen LogP contribution >= 0.6 is 0 Å². The molecule has 3 nitrogen and oxygen atoms in total. The van der Waals surface area contributed by atoms with Crippen LogP contribution in [0.1, 0.15) is 24.9 Å². The van der Waals surface area contributed by atoms with Gasteiger partial charge in [0.1, 0.15) is 12.4 Å². The molecular weight excluding hydrogens is 212 g/mol. The third-order valence-corrected chi connectivity index (χ3v) is 3.33. The summed E-state index contributed by atoms with van der Waals surface area (Å²) in [4.78, 5) is 2.24. The molecule has 2 unspecified atom stereocenters. The van der Waals surface area contributed by atoms with Crippen molar-refractivity contribution >= 4 is 0 Å². The van der Waals surface area contributed by atoms with Gasteiger partial charge in [-0.05, 0) is 33.1 Å². The molecule has 17 heavy (non-hydrogen) atoms. The van der Waals surface area contributed by atoms with Crippen LogP contribution in [0.25, 0.3) is 0 Å². The van der Waals surface area contributed by atoms with E-state index in [0.29, 0.717) is 12.1 Å². The maximum atomic E-state index is 5.83. The number of likely N-dealkylation sites (N-methyl/N-ethyl adjacent to an activating group) is 1. The molecule has 2 rings (SSSR count). The Morgan fingerprint density at radius 2 is 2.12 bits per heavy atom. The summed E-state index contributed by atoms with van der Waals surface area (Å²) in [6, 6.07) is 9.11. The first-order valence-electron chi connectivity index (χ1n) is 6.35. The zero-order chi connectivity index (χ0) is 12.3. The van der Waals surface area contributed by atoms with Crippen LogP contribution in [-0.2, 0) is 0 Å². The minimum atomic E-state index is 0.370. The highest BCUT2D eigenvalue weighted by Crippen LogP contribution is 2.33. The normalized spacial score (nSPS) is 23.3. The summed E-state index contributed by atoms with van der Waals surface area (Å²) in [5, 5.41) is 3.64. The van der Waals surface area contributed by atoms with Crippen LogP contribution in [0, 0.1) is 0 Å². The predicted octanol–water partition coefficient (Wildman–Crippen LogP) is 2.05. The number of benzene rings is 1. The Morgan fingerprint density at radius 1 is 1.35 bits per heavy atom. The molecular formula is C14H22N2O. The number of nitrogens with zero attached hydrogens (tertiary/aromatic N) is 1. The summed E-state index contributed by atoms with van der Waals surface area (Å²) < 4.78 is 5.83. The molecule has 0 aromatic heterocycles. The van der Waals surface area contributed by atoms with Crippen LogP contribution in [0.15, 0.2) is 24.3 Å². The fourth-order valence-corrected chi connectivity index (χ4v) is 2.34. The van der Waals surface area contributed by atoms with Gasteiger partial charge in [0.2, 0.25) is 0 Å². The molecule has 0 amide bonds. The van der Waals surface area contributed by atoms with Crippen LogP contribution in [0.2, 0.25) is 0 Å². The summed E-state index contributed by atoms with van der Waals surface area (Å²) in [5.41, 5.74) is 1.28. The Hall–Kier alpha value is -1.06. The van der Waals surface area contributed by atoms with Crippen molar-refractivity contribution in [3.8, 4) is 5.75 Å². The van der Waals surface area contributed by atoms with E-state index >= 15 is 0 Å². The van der Waals surface area contributed by atoms with Crippen molar-refractivity contribution < 1.29 is 4.74 Å². The molecule has 0 bridgehead atoms. The lowest BCUT2D eigenvalue weighted by Crippen LogP contribution is -2.47. The Balaban J connectivity index is 2.25. The van der Waals surface area contributed by atoms with Gasteiger partial charge in [0, 0.05) is 5.56 Å². The van der Waals surface area contributed by atoms with E-state index < -0.39 is 0 Å². The van der Waals surface area contributed by atoms with Crippen molar-refractivity contribution in [1.29, 1.82) is 0 Å². The molecule has 1 N–H and O–H groups in total. The fourth-order valence-electron chi connectivity index (χ4n) is 2.34. The molecule has 0 spiro atoms. The number of hydrogen-bond acceptors (Lipinski definition) is 3. The zero-order valence-electron chi connectivity index (χ0n) is 10.9. The van der Waals surface area contributed by atoms with Crippen LogP contribution in [-0.4, -0.2) is 38.2 Å². The van der Waals surface area contributed by atoms with Gasteiger partial charge in [-0.25, -0.2) is 0 Å². The van der Waals surface area contributed by atoms with Crippen LogP contribution < -0.4 is 10.1 Å².